The summed E-state index contributed by atoms with van der Waals surface area (Å²) in [5, 5.41) is 0. The van der Waals surface area contributed by atoms with E-state index in [1.165, 1.54) is 6.07 Å². The van der Waals surface area contributed by atoms with Gasteiger partial charge in [0.2, 0.25) is 0 Å². The summed E-state index contributed by atoms with van der Waals surface area (Å²) < 4.78 is 58.3. The molecule has 0 spiro atoms. The zero-order chi connectivity index (χ0) is 9.52. The van der Waals surface area contributed by atoms with Gasteiger partial charge in [-0.1, -0.05) is 0 Å². The molecule has 1 rings (SSSR count). The molecule has 0 amide bonds. The van der Waals surface area contributed by atoms with Gasteiger partial charge in [0.05, 0.1) is 0 Å². The van der Waals surface area contributed by atoms with Crippen LogP contribution in [0, 0.1) is 3.57 Å². The maximum absolute atomic E-state index is 12.0. The SMILES string of the molecule is F[I+](F)(F)(F)(F)c1ccccc1. The van der Waals surface area contributed by atoms with Crippen LogP contribution >= 0.6 is 0 Å². The number of hydrogen-bond acceptors (Lipinski definition) is 0. The molecule has 0 saturated heterocycles. The molecular formula is C6H5F5I+. The zero-order valence-corrected chi connectivity index (χ0v) is 7.81. The summed E-state index contributed by atoms with van der Waals surface area (Å²) in [5.74, 6) is 0. The Labute approximate surface area is 67.1 Å². The van der Waals surface area contributed by atoms with Gasteiger partial charge in [0.1, 0.15) is 0 Å². The Morgan fingerprint density at radius 2 is 1.17 bits per heavy atom. The van der Waals surface area contributed by atoms with E-state index in [0.717, 1.165) is 12.1 Å². The van der Waals surface area contributed by atoms with Gasteiger partial charge in [-0.15, -0.1) is 0 Å². The minimum absolute atomic E-state index is 0.391. The van der Waals surface area contributed by atoms with Gasteiger partial charge in [-0.2, -0.15) is 0 Å². The summed E-state index contributed by atoms with van der Waals surface area (Å²) in [7, 11) is 0. The van der Waals surface area contributed by atoms with Crippen LogP contribution < -0.4 is 18.5 Å². The first-order valence-corrected chi connectivity index (χ1v) is 7.97. The van der Waals surface area contributed by atoms with Crippen molar-refractivity contribution in [3.63, 3.8) is 0 Å². The molecule has 0 aliphatic carbocycles. The number of halogens is 6. The van der Waals surface area contributed by atoms with Crippen LogP contribution in [0.1, 0.15) is 0 Å². The molecule has 12 heavy (non-hydrogen) atoms. The van der Waals surface area contributed by atoms with E-state index in [9.17, 15) is 14.3 Å². The Hall–Kier alpha value is -0.400. The van der Waals surface area contributed by atoms with Gasteiger partial charge in [-0.05, 0) is 0 Å². The van der Waals surface area contributed by atoms with Gasteiger partial charge in [-0.25, -0.2) is 0 Å². The van der Waals surface area contributed by atoms with Crippen LogP contribution in [0.25, 0.3) is 0 Å². The Kier molecular flexibility index (Phi) is 1.54. The molecule has 6 heteroatoms. The van der Waals surface area contributed by atoms with Gasteiger partial charge in [0.15, 0.2) is 0 Å². The standard InChI is InChI=1S/C6H5F5I/c7-12(8,9,10,11)6-4-2-1-3-5-6/h1-5H/q+1. The number of benzene rings is 1. The Balaban J connectivity index is 3.36. The van der Waals surface area contributed by atoms with Crippen molar-refractivity contribution in [1.29, 1.82) is 0 Å². The summed E-state index contributed by atoms with van der Waals surface area (Å²) in [6.45, 7) is 0. The van der Waals surface area contributed by atoms with Crippen molar-refractivity contribution in [2.24, 2.45) is 0 Å². The molecule has 70 valence electrons. The molecule has 0 bridgehead atoms. The first kappa shape index (κ1) is 9.69. The third kappa shape index (κ3) is 2.29. The van der Waals surface area contributed by atoms with E-state index in [1.54, 1.807) is 0 Å². The molecule has 1 aromatic rings. The maximum atomic E-state index is 12.0. The topological polar surface area (TPSA) is 0 Å². The fraction of sp³-hybridized carbons (Fsp3) is 0. The third-order valence-electron chi connectivity index (χ3n) is 1.15. The second-order valence-electron chi connectivity index (χ2n) is 2.19. The van der Waals surface area contributed by atoms with E-state index in [4.69, 9.17) is 0 Å². The van der Waals surface area contributed by atoms with Crippen LogP contribution in [0.15, 0.2) is 30.3 Å². The Morgan fingerprint density at radius 1 is 0.750 bits per heavy atom. The zero-order valence-electron chi connectivity index (χ0n) is 5.65. The Bertz CT molecular complexity index is 285. The number of rotatable bonds is 1. The monoisotopic (exact) mass is 299 g/mol. The van der Waals surface area contributed by atoms with Crippen LogP contribution in [0.5, 0.6) is 0 Å². The van der Waals surface area contributed by atoms with Crippen LogP contribution in [-0.4, -0.2) is 0 Å². The van der Waals surface area contributed by atoms with E-state index in [1.807, 2.05) is 0 Å². The third-order valence-corrected chi connectivity index (χ3v) is 4.22. The average Bonchev–Trinajstić information content (AvgIpc) is 1.85. The van der Waals surface area contributed by atoms with E-state index in [-0.39, 0.29) is 0 Å². The van der Waals surface area contributed by atoms with Crippen molar-refractivity contribution in [2.75, 3.05) is 0 Å². The van der Waals surface area contributed by atoms with Gasteiger partial charge >= 0.3 is 66.7 Å². The van der Waals surface area contributed by atoms with Gasteiger partial charge in [-0.3, -0.25) is 0 Å². The molecule has 0 N–H and O–H groups in total. The first-order valence-electron chi connectivity index (χ1n) is 2.81. The molecule has 0 heterocycles. The quantitative estimate of drug-likeness (QED) is 0.524. The number of hydrogen-bond donors (Lipinski definition) is 0. The molecule has 0 saturated carbocycles. The summed E-state index contributed by atoms with van der Waals surface area (Å²) >= 11 is -10.2. The molecule has 1 aromatic carbocycles. The van der Waals surface area contributed by atoms with Crippen molar-refractivity contribution in [1.82, 2.24) is 0 Å². The van der Waals surface area contributed by atoms with E-state index < -0.39 is 22.1 Å². The molecule has 0 unspecified atom stereocenters. The predicted molar refractivity (Wildman–Crippen MR) is 30.7 cm³/mol. The summed E-state index contributed by atoms with van der Waals surface area (Å²) in [6, 6.07) is 3.92. The molecule has 0 fully saturated rings. The van der Waals surface area contributed by atoms with E-state index in [0.29, 0.717) is 12.1 Å². The van der Waals surface area contributed by atoms with Gasteiger partial charge in [0.25, 0.3) is 0 Å². The fourth-order valence-electron chi connectivity index (χ4n) is 0.653. The van der Waals surface area contributed by atoms with Crippen LogP contribution in [0.4, 0.5) is 14.3 Å². The summed E-state index contributed by atoms with van der Waals surface area (Å²) in [6.07, 6.45) is 0. The van der Waals surface area contributed by atoms with Crippen LogP contribution in [0.2, 0.25) is 0 Å². The van der Waals surface area contributed by atoms with E-state index in [2.05, 4.69) is 0 Å². The van der Waals surface area contributed by atoms with Crippen molar-refractivity contribution >= 4 is 0 Å². The first-order chi connectivity index (χ1) is 5.09. The molecule has 0 aliphatic rings. The van der Waals surface area contributed by atoms with Crippen molar-refractivity contribution in [3.05, 3.63) is 33.9 Å². The molecule has 0 nitrogen and oxygen atoms in total. The normalized spacial score (nSPS) is 18.1. The van der Waals surface area contributed by atoms with Gasteiger partial charge < -0.3 is 0 Å². The molecule has 0 aliphatic heterocycles. The van der Waals surface area contributed by atoms with Crippen LogP contribution in [0.3, 0.4) is 0 Å². The van der Waals surface area contributed by atoms with Crippen LogP contribution in [-0.2, 0) is 0 Å². The minimum atomic E-state index is -10.2. The second kappa shape index (κ2) is 1.91. The second-order valence-corrected chi connectivity index (χ2v) is 8.56. The van der Waals surface area contributed by atoms with Crippen molar-refractivity contribution in [3.8, 4) is 0 Å². The molecule has 0 atom stereocenters. The summed E-state index contributed by atoms with van der Waals surface area (Å²) in [5.41, 5.74) is 0. The summed E-state index contributed by atoms with van der Waals surface area (Å²) in [4.78, 5) is 0. The molecular weight excluding hydrogens is 294 g/mol. The van der Waals surface area contributed by atoms with Crippen molar-refractivity contribution < 1.29 is 32.8 Å². The molecule has 0 radical (unpaired) electrons. The molecule has 0 aromatic heterocycles. The van der Waals surface area contributed by atoms with Crippen molar-refractivity contribution in [2.45, 2.75) is 0 Å². The van der Waals surface area contributed by atoms with E-state index >= 15 is 0 Å². The fourth-order valence-corrected chi connectivity index (χ4v) is 2.43. The average molecular weight is 299 g/mol. The predicted octanol–water partition coefficient (Wildman–Crippen LogP) is 0.510. The van der Waals surface area contributed by atoms with Gasteiger partial charge in [0, 0.05) is 0 Å². The Morgan fingerprint density at radius 3 is 1.42 bits per heavy atom.